The molecule has 3 amide bonds. The lowest BCUT2D eigenvalue weighted by atomic mass is 9.83. The number of allylic oxidation sites excluding steroid dienone is 2. The summed E-state index contributed by atoms with van der Waals surface area (Å²) >= 11 is 6.67. The molecule has 3 aliphatic heterocycles. The molecule has 0 saturated carbocycles. The molecule has 15 heteroatoms. The molecule has 9 unspecified atom stereocenters. The second kappa shape index (κ2) is 15.9. The summed E-state index contributed by atoms with van der Waals surface area (Å²) in [4.78, 5) is 54.2. The number of alkyl carbamates (subject to hydrolysis) is 1. The molecule has 282 valence electrons. The number of methoxy groups -OCH3 is 3. The van der Waals surface area contributed by atoms with Crippen LogP contribution in [0.25, 0.3) is 0 Å². The summed E-state index contributed by atoms with van der Waals surface area (Å²) in [5.41, 5.74) is -1.50. The van der Waals surface area contributed by atoms with Gasteiger partial charge in [0.25, 0.3) is 0 Å². The number of ether oxygens (including phenoxy) is 6. The van der Waals surface area contributed by atoms with Gasteiger partial charge >= 0.3 is 12.1 Å². The van der Waals surface area contributed by atoms with Crippen LogP contribution in [-0.4, -0.2) is 104 Å². The molecular formula is C36H50ClN3O11. The third-order valence-electron chi connectivity index (χ3n) is 9.95. The number of esters is 1. The first-order valence-electron chi connectivity index (χ1n) is 16.8. The average molecular weight is 736 g/mol. The molecule has 51 heavy (non-hydrogen) atoms. The van der Waals surface area contributed by atoms with Gasteiger partial charge in [-0.1, -0.05) is 50.6 Å². The Bertz CT molecular complexity index is 1570. The number of aliphatic hydroxyl groups is 1. The Kier molecular flexibility index (Phi) is 12.5. The second-order valence-electron chi connectivity index (χ2n) is 13.9. The number of nitrogens with zero attached hydrogens (tertiary/aromatic N) is 1. The van der Waals surface area contributed by atoms with Crippen LogP contribution >= 0.6 is 11.6 Å². The van der Waals surface area contributed by atoms with E-state index in [2.05, 4.69) is 10.6 Å². The number of hydrogen-bond donors (Lipinski definition) is 3. The molecule has 14 nitrogen and oxygen atoms in total. The Labute approximate surface area is 303 Å². The molecule has 0 aliphatic carbocycles. The maximum absolute atomic E-state index is 13.8. The van der Waals surface area contributed by atoms with Crippen molar-refractivity contribution in [1.29, 1.82) is 0 Å². The number of carbonyl (C=O) groups excluding carboxylic acids is 4. The molecule has 9 atom stereocenters. The number of fused-ring (bicyclic) bond motifs is 5. The van der Waals surface area contributed by atoms with Crippen LogP contribution in [-0.2, 0) is 38.1 Å². The standard InChI is InChI=1S/C36H50ClN3O11/c1-18(2)32(42)40(7)21(5)33(43)50-27-16-28(41)38-23-14-22(15-24(46-8)29(23)37)30(48-10)19(3)12-11-13-26(47-9)36(45)17-25(49-34(44)39-36)20(4)31-35(27,6)51-31/h11-15,18,20-21,25-27,30-31,45H,16-17H2,1-10H3,(H,38,41)(H,39,44)/b13-11+,19-12?. The average Bonchev–Trinajstić information content (AvgIpc) is 3.77. The monoisotopic (exact) mass is 735 g/mol. The lowest BCUT2D eigenvalue weighted by molar-refractivity contribution is -0.162. The van der Waals surface area contributed by atoms with Crippen LogP contribution in [0.2, 0.25) is 5.02 Å². The van der Waals surface area contributed by atoms with Crippen LogP contribution in [0.1, 0.15) is 66.1 Å². The summed E-state index contributed by atoms with van der Waals surface area (Å²) in [5, 5.41) is 17.2. The number of nitrogens with one attached hydrogen (secondary N) is 2. The topological polar surface area (TPSA) is 174 Å². The van der Waals surface area contributed by atoms with Crippen molar-refractivity contribution in [2.45, 2.75) is 102 Å². The highest BCUT2D eigenvalue weighted by Gasteiger charge is 2.64. The van der Waals surface area contributed by atoms with Gasteiger partial charge in [0.05, 0.1) is 25.3 Å². The molecule has 4 bridgehead atoms. The van der Waals surface area contributed by atoms with Gasteiger partial charge < -0.3 is 43.7 Å². The summed E-state index contributed by atoms with van der Waals surface area (Å²) in [6, 6.07) is 2.38. The Morgan fingerprint density at radius 2 is 1.82 bits per heavy atom. The number of anilines is 1. The van der Waals surface area contributed by atoms with Crippen LogP contribution in [0.4, 0.5) is 10.5 Å². The maximum atomic E-state index is 13.8. The number of hydrogen-bond acceptors (Lipinski definition) is 11. The summed E-state index contributed by atoms with van der Waals surface area (Å²) in [6.07, 6.45) is -0.500. The molecule has 0 radical (unpaired) electrons. The highest BCUT2D eigenvalue weighted by atomic mass is 35.5. The van der Waals surface area contributed by atoms with E-state index in [0.29, 0.717) is 5.56 Å². The van der Waals surface area contributed by atoms with Gasteiger partial charge in [0.2, 0.25) is 11.8 Å². The fraction of sp³-hybridized carbons (Fsp3) is 0.611. The summed E-state index contributed by atoms with van der Waals surface area (Å²) in [6.45, 7) is 10.3. The van der Waals surface area contributed by atoms with Crippen molar-refractivity contribution < 1.29 is 52.7 Å². The van der Waals surface area contributed by atoms with Crippen molar-refractivity contribution in [3.05, 3.63) is 46.5 Å². The quantitative estimate of drug-likeness (QED) is 0.269. The minimum Gasteiger partial charge on any atom is -0.495 e. The van der Waals surface area contributed by atoms with Crippen LogP contribution in [0.15, 0.2) is 35.9 Å². The smallest absolute Gasteiger partial charge is 0.409 e. The van der Waals surface area contributed by atoms with E-state index in [4.69, 9.17) is 40.0 Å². The van der Waals surface area contributed by atoms with Crippen LogP contribution in [0, 0.1) is 11.8 Å². The van der Waals surface area contributed by atoms with E-state index in [0.717, 1.165) is 5.57 Å². The third kappa shape index (κ3) is 8.52. The molecule has 4 rings (SSSR count). The fourth-order valence-corrected chi connectivity index (χ4v) is 6.93. The van der Waals surface area contributed by atoms with Gasteiger partial charge in [-0.3, -0.25) is 14.9 Å². The zero-order valence-electron chi connectivity index (χ0n) is 30.8. The zero-order valence-corrected chi connectivity index (χ0v) is 31.5. The number of likely N-dealkylation sites (N-methyl/N-ethyl adjacent to an activating group) is 1. The van der Waals surface area contributed by atoms with Crippen molar-refractivity contribution >= 4 is 41.2 Å². The number of rotatable bonds is 7. The van der Waals surface area contributed by atoms with Gasteiger partial charge in [0, 0.05) is 39.5 Å². The molecule has 2 fully saturated rings. The van der Waals surface area contributed by atoms with Crippen molar-refractivity contribution in [1.82, 2.24) is 10.2 Å². The maximum Gasteiger partial charge on any atom is 0.409 e. The molecule has 2 saturated heterocycles. The minimum atomic E-state index is -1.86. The Morgan fingerprint density at radius 3 is 2.43 bits per heavy atom. The fourth-order valence-electron chi connectivity index (χ4n) is 6.70. The zero-order chi connectivity index (χ0) is 38.0. The van der Waals surface area contributed by atoms with Crippen LogP contribution < -0.4 is 15.4 Å². The first-order chi connectivity index (χ1) is 23.9. The van der Waals surface area contributed by atoms with Crippen molar-refractivity contribution in [2.24, 2.45) is 11.8 Å². The number of carbonyl (C=O) groups is 4. The summed E-state index contributed by atoms with van der Waals surface area (Å²) in [7, 11) is 5.90. The first kappa shape index (κ1) is 40.1. The van der Waals surface area contributed by atoms with Gasteiger partial charge in [0.1, 0.15) is 46.8 Å². The highest BCUT2D eigenvalue weighted by Crippen LogP contribution is 2.49. The Morgan fingerprint density at radius 1 is 1.14 bits per heavy atom. The third-order valence-corrected chi connectivity index (χ3v) is 10.3. The molecule has 1 aromatic carbocycles. The van der Waals surface area contributed by atoms with E-state index < -0.39 is 71.8 Å². The lowest BCUT2D eigenvalue weighted by Crippen LogP contribution is -2.63. The van der Waals surface area contributed by atoms with Gasteiger partial charge in [-0.15, -0.1) is 0 Å². The summed E-state index contributed by atoms with van der Waals surface area (Å²) in [5.74, 6) is -2.17. The van der Waals surface area contributed by atoms with E-state index in [9.17, 15) is 24.3 Å². The van der Waals surface area contributed by atoms with Crippen LogP contribution in [0.3, 0.4) is 0 Å². The lowest BCUT2D eigenvalue weighted by Gasteiger charge is -2.42. The first-order valence-corrected chi connectivity index (χ1v) is 17.2. The Hall–Kier alpha value is -3.69. The Balaban J connectivity index is 1.80. The molecular weight excluding hydrogens is 686 g/mol. The molecule has 0 aromatic heterocycles. The van der Waals surface area contributed by atoms with Crippen molar-refractivity contribution in [2.75, 3.05) is 33.7 Å². The van der Waals surface area contributed by atoms with E-state index >= 15 is 0 Å². The summed E-state index contributed by atoms with van der Waals surface area (Å²) < 4.78 is 34.8. The van der Waals surface area contributed by atoms with Gasteiger partial charge in [-0.25, -0.2) is 9.59 Å². The number of epoxide rings is 1. The predicted molar refractivity (Wildman–Crippen MR) is 187 cm³/mol. The van der Waals surface area contributed by atoms with Crippen molar-refractivity contribution in [3.8, 4) is 5.75 Å². The van der Waals surface area contributed by atoms with Gasteiger partial charge in [-0.2, -0.15) is 0 Å². The van der Waals surface area contributed by atoms with E-state index in [1.807, 2.05) is 6.92 Å². The SMILES string of the molecule is COc1cc2cc(c1Cl)NC(=O)CC(OC(=O)C(C)N(C)C(=O)C(C)C)C1(C)OC1C(C)C1CC(O)(NC(=O)O1)C(OC)/C=C/C=C(C)C2OC. The largest absolute Gasteiger partial charge is 0.495 e. The van der Waals surface area contributed by atoms with Gasteiger partial charge in [-0.05, 0) is 44.0 Å². The van der Waals surface area contributed by atoms with Crippen molar-refractivity contribution in [3.63, 3.8) is 0 Å². The van der Waals surface area contributed by atoms with E-state index in [-0.39, 0.29) is 41.1 Å². The van der Waals surface area contributed by atoms with E-state index in [1.165, 1.54) is 33.3 Å². The van der Waals surface area contributed by atoms with Gasteiger partial charge in [0.15, 0.2) is 5.72 Å². The number of amides is 3. The minimum absolute atomic E-state index is 0.0731. The molecule has 1 aromatic rings. The molecule has 3 heterocycles. The normalized spacial score (nSPS) is 32.3. The number of halogens is 1. The van der Waals surface area contributed by atoms with E-state index in [1.54, 1.807) is 65.0 Å². The predicted octanol–water partition coefficient (Wildman–Crippen LogP) is 4.29. The second-order valence-corrected chi connectivity index (χ2v) is 14.3. The molecule has 0 spiro atoms. The van der Waals surface area contributed by atoms with Crippen LogP contribution in [0.5, 0.6) is 5.75 Å². The molecule has 3 aliphatic rings. The highest BCUT2D eigenvalue weighted by molar-refractivity contribution is 6.35. The molecule has 3 N–H and O–H groups in total. The number of benzene rings is 1.